The van der Waals surface area contributed by atoms with E-state index in [1.54, 1.807) is 11.3 Å². The molecule has 1 aromatic rings. The normalized spacial score (nSPS) is 25.7. The first-order valence-electron chi connectivity index (χ1n) is 4.21. The van der Waals surface area contributed by atoms with Crippen LogP contribution in [-0.4, -0.2) is 23.9 Å². The maximum atomic E-state index is 5.42. The molecule has 4 nitrogen and oxygen atoms in total. The quantitative estimate of drug-likeness (QED) is 0.725. The van der Waals surface area contributed by atoms with Crippen LogP contribution < -0.4 is 5.48 Å². The Hall–Kier alpha value is -1.07. The molecule has 1 fully saturated rings. The Labute approximate surface area is 79.8 Å². The number of rotatable bonds is 1. The molecule has 0 aromatic carbocycles. The van der Waals surface area contributed by atoms with Gasteiger partial charge in [0.25, 0.3) is 0 Å². The van der Waals surface area contributed by atoms with Gasteiger partial charge in [-0.1, -0.05) is 6.07 Å². The van der Waals surface area contributed by atoms with Crippen LogP contribution in [0, 0.1) is 0 Å². The van der Waals surface area contributed by atoms with Crippen molar-refractivity contribution >= 4 is 17.3 Å². The second-order valence-corrected chi connectivity index (χ2v) is 3.97. The summed E-state index contributed by atoms with van der Waals surface area (Å²) in [4.78, 5) is 13.1. The van der Waals surface area contributed by atoms with Crippen molar-refractivity contribution in [2.75, 3.05) is 13.1 Å². The average molecular weight is 195 g/mol. The Morgan fingerprint density at radius 3 is 3.54 bits per heavy atom. The zero-order chi connectivity index (χ0) is 8.67. The molecule has 3 heterocycles. The topological polar surface area (TPSA) is 36.9 Å². The van der Waals surface area contributed by atoms with E-state index in [0.717, 1.165) is 19.0 Å². The molecule has 0 bridgehead atoms. The van der Waals surface area contributed by atoms with Crippen LogP contribution in [0.2, 0.25) is 0 Å². The molecular formula is C8H9N3OS. The third kappa shape index (κ3) is 1.04. The van der Waals surface area contributed by atoms with E-state index in [4.69, 9.17) is 4.84 Å². The summed E-state index contributed by atoms with van der Waals surface area (Å²) < 4.78 is 0. The second kappa shape index (κ2) is 2.71. The molecule has 1 saturated heterocycles. The largest absolute Gasteiger partial charge is 0.307 e. The minimum absolute atomic E-state index is 0.0289. The Balaban J connectivity index is 1.91. The average Bonchev–Trinajstić information content (AvgIpc) is 2.79. The predicted molar refractivity (Wildman–Crippen MR) is 50.3 cm³/mol. The number of hydrogen-bond donors (Lipinski definition) is 1. The maximum Gasteiger partial charge on any atom is 0.221 e. The highest BCUT2D eigenvalue weighted by molar-refractivity contribution is 7.10. The molecule has 5 heteroatoms. The van der Waals surface area contributed by atoms with Gasteiger partial charge in [0.1, 0.15) is 0 Å². The fourth-order valence-corrected chi connectivity index (χ4v) is 2.36. The number of hydrogen-bond acceptors (Lipinski definition) is 5. The molecule has 1 atom stereocenters. The predicted octanol–water partition coefficient (Wildman–Crippen LogP) is 0.953. The van der Waals surface area contributed by atoms with Crippen molar-refractivity contribution in [2.45, 2.75) is 6.23 Å². The van der Waals surface area contributed by atoms with Crippen LogP contribution in [0.25, 0.3) is 0 Å². The number of thiophene rings is 1. The van der Waals surface area contributed by atoms with Crippen molar-refractivity contribution in [3.63, 3.8) is 0 Å². The molecule has 2 aliphatic heterocycles. The van der Waals surface area contributed by atoms with E-state index in [1.807, 2.05) is 6.07 Å². The van der Waals surface area contributed by atoms with Gasteiger partial charge < -0.3 is 4.90 Å². The van der Waals surface area contributed by atoms with Gasteiger partial charge in [0.2, 0.25) is 5.96 Å². The number of hydroxylamine groups is 1. The van der Waals surface area contributed by atoms with E-state index >= 15 is 0 Å². The lowest BCUT2D eigenvalue weighted by molar-refractivity contribution is -0.00801. The van der Waals surface area contributed by atoms with E-state index in [2.05, 4.69) is 26.8 Å². The summed E-state index contributed by atoms with van der Waals surface area (Å²) in [6.07, 6.45) is 0.0289. The third-order valence-corrected chi connectivity index (χ3v) is 3.11. The molecule has 13 heavy (non-hydrogen) atoms. The van der Waals surface area contributed by atoms with Crippen LogP contribution in [0.15, 0.2) is 22.5 Å². The van der Waals surface area contributed by atoms with Gasteiger partial charge in [-0.05, 0) is 11.4 Å². The van der Waals surface area contributed by atoms with Crippen molar-refractivity contribution in [1.82, 2.24) is 10.4 Å². The molecule has 0 spiro atoms. The molecule has 0 radical (unpaired) electrons. The summed E-state index contributed by atoms with van der Waals surface area (Å²) in [5.74, 6) is 0.874. The highest BCUT2D eigenvalue weighted by atomic mass is 32.1. The van der Waals surface area contributed by atoms with Gasteiger partial charge in [-0.2, -0.15) is 0 Å². The smallest absolute Gasteiger partial charge is 0.221 e. The van der Waals surface area contributed by atoms with Crippen molar-refractivity contribution in [2.24, 2.45) is 4.99 Å². The number of fused-ring (bicyclic) bond motifs is 1. The Morgan fingerprint density at radius 2 is 2.69 bits per heavy atom. The van der Waals surface area contributed by atoms with E-state index in [9.17, 15) is 0 Å². The molecule has 1 unspecified atom stereocenters. The number of aliphatic imine (C=N–C) groups is 1. The maximum absolute atomic E-state index is 5.42. The lowest BCUT2D eigenvalue weighted by Crippen LogP contribution is -2.27. The number of guanidine groups is 1. The van der Waals surface area contributed by atoms with Gasteiger partial charge in [-0.3, -0.25) is 0 Å². The monoisotopic (exact) mass is 195 g/mol. The Kier molecular flexibility index (Phi) is 1.53. The standard InChI is InChI=1S/C8H9N3OS/c1-2-6(13-5-1)7-11-4-3-9-8(11)10-12-7/h1-2,5,7H,3-4H2,(H,9,10). The van der Waals surface area contributed by atoms with E-state index in [1.165, 1.54) is 4.88 Å². The van der Waals surface area contributed by atoms with Gasteiger partial charge in [0.15, 0.2) is 6.23 Å². The molecule has 0 saturated carbocycles. The Bertz CT molecular complexity index is 335. The van der Waals surface area contributed by atoms with Gasteiger partial charge in [0.05, 0.1) is 11.4 Å². The number of nitrogens with one attached hydrogen (secondary N) is 1. The van der Waals surface area contributed by atoms with Gasteiger partial charge in [-0.25, -0.2) is 15.3 Å². The summed E-state index contributed by atoms with van der Waals surface area (Å²) in [6.45, 7) is 1.82. The SMILES string of the molecule is c1csc(C2ONC3=NCCN32)c1. The van der Waals surface area contributed by atoms with Crippen LogP contribution in [0.3, 0.4) is 0 Å². The lowest BCUT2D eigenvalue weighted by Gasteiger charge is -2.16. The molecule has 1 aromatic heterocycles. The molecule has 2 aliphatic rings. The van der Waals surface area contributed by atoms with Gasteiger partial charge >= 0.3 is 0 Å². The van der Waals surface area contributed by atoms with Gasteiger partial charge in [0, 0.05) is 6.54 Å². The first-order chi connectivity index (χ1) is 6.45. The van der Waals surface area contributed by atoms with Crippen LogP contribution in [0.5, 0.6) is 0 Å². The van der Waals surface area contributed by atoms with Crippen molar-refractivity contribution < 1.29 is 4.84 Å². The highest BCUT2D eigenvalue weighted by Crippen LogP contribution is 2.30. The van der Waals surface area contributed by atoms with Gasteiger partial charge in [-0.15, -0.1) is 11.3 Å². The number of nitrogens with zero attached hydrogens (tertiary/aromatic N) is 2. The van der Waals surface area contributed by atoms with E-state index in [-0.39, 0.29) is 6.23 Å². The van der Waals surface area contributed by atoms with Crippen LogP contribution in [0.1, 0.15) is 11.1 Å². The summed E-state index contributed by atoms with van der Waals surface area (Å²) in [6, 6.07) is 4.12. The minimum Gasteiger partial charge on any atom is -0.307 e. The third-order valence-electron chi connectivity index (χ3n) is 2.21. The molecule has 1 N–H and O–H groups in total. The molecule has 0 aliphatic carbocycles. The Morgan fingerprint density at radius 1 is 1.69 bits per heavy atom. The van der Waals surface area contributed by atoms with Crippen molar-refractivity contribution in [1.29, 1.82) is 0 Å². The van der Waals surface area contributed by atoms with Crippen LogP contribution >= 0.6 is 11.3 Å². The first-order valence-corrected chi connectivity index (χ1v) is 5.09. The second-order valence-electron chi connectivity index (χ2n) is 2.99. The molecule has 68 valence electrons. The summed E-state index contributed by atoms with van der Waals surface area (Å²) >= 11 is 1.71. The van der Waals surface area contributed by atoms with Crippen molar-refractivity contribution in [3.8, 4) is 0 Å². The molecule has 3 rings (SSSR count). The molecular weight excluding hydrogens is 186 g/mol. The summed E-state index contributed by atoms with van der Waals surface area (Å²) in [7, 11) is 0. The fourth-order valence-electron chi connectivity index (χ4n) is 1.60. The first kappa shape index (κ1) is 7.34. The van der Waals surface area contributed by atoms with E-state index in [0.29, 0.717) is 0 Å². The van der Waals surface area contributed by atoms with Crippen LogP contribution in [-0.2, 0) is 4.84 Å². The molecule has 0 amide bonds. The lowest BCUT2D eigenvalue weighted by atomic mass is 10.4. The zero-order valence-corrected chi connectivity index (χ0v) is 7.75. The highest BCUT2D eigenvalue weighted by Gasteiger charge is 2.34. The minimum atomic E-state index is 0.0289. The van der Waals surface area contributed by atoms with Crippen molar-refractivity contribution in [3.05, 3.63) is 22.4 Å². The van der Waals surface area contributed by atoms with Crippen LogP contribution in [0.4, 0.5) is 0 Å². The summed E-state index contributed by atoms with van der Waals surface area (Å²) in [5, 5.41) is 2.06. The summed E-state index contributed by atoms with van der Waals surface area (Å²) in [5.41, 5.74) is 2.84. The fraction of sp³-hybridized carbons (Fsp3) is 0.375. The van der Waals surface area contributed by atoms with E-state index < -0.39 is 0 Å². The zero-order valence-electron chi connectivity index (χ0n) is 6.93.